The molecule has 1 unspecified atom stereocenters. The van der Waals surface area contributed by atoms with Crippen molar-refractivity contribution in [3.05, 3.63) is 29.6 Å². The van der Waals surface area contributed by atoms with E-state index in [4.69, 9.17) is 0 Å². The van der Waals surface area contributed by atoms with E-state index in [0.717, 1.165) is 31.7 Å². The van der Waals surface area contributed by atoms with Crippen LogP contribution in [0.4, 0.5) is 4.39 Å². The minimum atomic E-state index is -0.537. The second-order valence-electron chi connectivity index (χ2n) is 6.02. The summed E-state index contributed by atoms with van der Waals surface area (Å²) in [5, 5.41) is 12.7. The summed E-state index contributed by atoms with van der Waals surface area (Å²) < 4.78 is 13.4. The molecule has 1 aromatic carbocycles. The number of nitrogens with one attached hydrogen (secondary N) is 1. The molecule has 0 radical (unpaired) electrons. The quantitative estimate of drug-likeness (QED) is 0.870. The van der Waals surface area contributed by atoms with Crippen molar-refractivity contribution in [2.24, 2.45) is 5.92 Å². The summed E-state index contributed by atoms with van der Waals surface area (Å²) in [6.45, 7) is 8.31. The highest BCUT2D eigenvalue weighted by atomic mass is 19.1. The molecular weight excluding hydrogens is 255 g/mol. The third kappa shape index (κ3) is 4.18. The number of halogens is 1. The van der Waals surface area contributed by atoms with Crippen LogP contribution in [0.15, 0.2) is 18.2 Å². The maximum Gasteiger partial charge on any atom is 0.165 e. The SMILES string of the molecule is CC(C)N(Cc1ccc(O)c(F)c1)CC1CCCNC1. The molecule has 1 aliphatic heterocycles. The molecule has 1 aromatic rings. The van der Waals surface area contributed by atoms with Gasteiger partial charge in [0.05, 0.1) is 0 Å². The van der Waals surface area contributed by atoms with Crippen molar-refractivity contribution in [3.8, 4) is 5.75 Å². The molecule has 0 amide bonds. The molecule has 20 heavy (non-hydrogen) atoms. The topological polar surface area (TPSA) is 35.5 Å². The highest BCUT2D eigenvalue weighted by Crippen LogP contribution is 2.20. The van der Waals surface area contributed by atoms with Crippen LogP contribution in [-0.2, 0) is 6.54 Å². The molecule has 2 N–H and O–H groups in total. The zero-order valence-electron chi connectivity index (χ0n) is 12.4. The Morgan fingerprint density at radius 2 is 2.25 bits per heavy atom. The van der Waals surface area contributed by atoms with Gasteiger partial charge in [0, 0.05) is 19.1 Å². The van der Waals surface area contributed by atoms with Crippen LogP contribution in [0.5, 0.6) is 5.75 Å². The van der Waals surface area contributed by atoms with Gasteiger partial charge in [-0.25, -0.2) is 4.39 Å². The first-order valence-electron chi connectivity index (χ1n) is 7.48. The monoisotopic (exact) mass is 280 g/mol. The predicted molar refractivity (Wildman–Crippen MR) is 79.2 cm³/mol. The molecule has 2 rings (SSSR count). The van der Waals surface area contributed by atoms with Crippen LogP contribution >= 0.6 is 0 Å². The van der Waals surface area contributed by atoms with Gasteiger partial charge in [0.15, 0.2) is 11.6 Å². The van der Waals surface area contributed by atoms with Crippen LogP contribution in [0.3, 0.4) is 0 Å². The second-order valence-corrected chi connectivity index (χ2v) is 6.02. The van der Waals surface area contributed by atoms with Gasteiger partial charge in [-0.15, -0.1) is 0 Å². The molecule has 4 heteroatoms. The van der Waals surface area contributed by atoms with Crippen molar-refractivity contribution >= 4 is 0 Å². The summed E-state index contributed by atoms with van der Waals surface area (Å²) >= 11 is 0. The van der Waals surface area contributed by atoms with E-state index in [-0.39, 0.29) is 5.75 Å². The highest BCUT2D eigenvalue weighted by molar-refractivity contribution is 5.28. The van der Waals surface area contributed by atoms with Crippen LogP contribution in [0.2, 0.25) is 0 Å². The first kappa shape index (κ1) is 15.3. The minimum absolute atomic E-state index is 0.277. The summed E-state index contributed by atoms with van der Waals surface area (Å²) in [5.74, 6) is -0.139. The van der Waals surface area contributed by atoms with Gasteiger partial charge < -0.3 is 10.4 Å². The number of rotatable bonds is 5. The van der Waals surface area contributed by atoms with E-state index in [1.165, 1.54) is 25.0 Å². The fourth-order valence-corrected chi connectivity index (χ4v) is 2.75. The molecule has 112 valence electrons. The molecule has 3 nitrogen and oxygen atoms in total. The lowest BCUT2D eigenvalue weighted by Gasteiger charge is -2.32. The van der Waals surface area contributed by atoms with E-state index >= 15 is 0 Å². The van der Waals surface area contributed by atoms with E-state index in [1.807, 2.05) is 0 Å². The maximum atomic E-state index is 13.4. The smallest absolute Gasteiger partial charge is 0.165 e. The number of piperidine rings is 1. The van der Waals surface area contributed by atoms with Gasteiger partial charge in [-0.3, -0.25) is 4.90 Å². The first-order chi connectivity index (χ1) is 9.56. The Morgan fingerprint density at radius 3 is 2.85 bits per heavy atom. The summed E-state index contributed by atoms with van der Waals surface area (Å²) in [6, 6.07) is 5.09. The molecule has 0 bridgehead atoms. The van der Waals surface area contributed by atoms with E-state index < -0.39 is 5.82 Å². The van der Waals surface area contributed by atoms with Gasteiger partial charge in [0.2, 0.25) is 0 Å². The fourth-order valence-electron chi connectivity index (χ4n) is 2.75. The van der Waals surface area contributed by atoms with E-state index in [9.17, 15) is 9.50 Å². The number of aromatic hydroxyl groups is 1. The van der Waals surface area contributed by atoms with Crippen molar-refractivity contribution in [3.63, 3.8) is 0 Å². The van der Waals surface area contributed by atoms with Gasteiger partial charge in [-0.05, 0) is 63.4 Å². The Balaban J connectivity index is 1.99. The Labute approximate surface area is 120 Å². The second kappa shape index (κ2) is 7.04. The van der Waals surface area contributed by atoms with Crippen molar-refractivity contribution in [2.75, 3.05) is 19.6 Å². The minimum Gasteiger partial charge on any atom is -0.505 e. The standard InChI is InChI=1S/C16H25FN2O/c1-12(2)19(11-14-4-3-7-18-9-14)10-13-5-6-16(20)15(17)8-13/h5-6,8,12,14,18,20H,3-4,7,9-11H2,1-2H3. The molecule has 0 aliphatic carbocycles. The molecule has 0 spiro atoms. The average Bonchev–Trinajstić information content (AvgIpc) is 2.43. The third-order valence-corrected chi connectivity index (χ3v) is 4.02. The Morgan fingerprint density at radius 1 is 1.45 bits per heavy atom. The normalized spacial score (nSPS) is 19.8. The van der Waals surface area contributed by atoms with Crippen LogP contribution in [-0.4, -0.2) is 35.7 Å². The summed E-state index contributed by atoms with van der Waals surface area (Å²) in [7, 11) is 0. The van der Waals surface area contributed by atoms with Crippen LogP contribution in [0.25, 0.3) is 0 Å². The van der Waals surface area contributed by atoms with Crippen molar-refractivity contribution in [2.45, 2.75) is 39.3 Å². The zero-order chi connectivity index (χ0) is 14.5. The first-order valence-corrected chi connectivity index (χ1v) is 7.48. The molecule has 1 saturated heterocycles. The molecule has 1 atom stereocenters. The third-order valence-electron chi connectivity index (χ3n) is 4.02. The van der Waals surface area contributed by atoms with Gasteiger partial charge in [-0.1, -0.05) is 6.07 Å². The molecule has 0 saturated carbocycles. The molecule has 1 heterocycles. The Hall–Kier alpha value is -1.13. The van der Waals surface area contributed by atoms with Crippen LogP contribution < -0.4 is 5.32 Å². The fraction of sp³-hybridized carbons (Fsp3) is 0.625. The van der Waals surface area contributed by atoms with Crippen molar-refractivity contribution < 1.29 is 9.50 Å². The summed E-state index contributed by atoms with van der Waals surface area (Å²) in [4.78, 5) is 2.38. The van der Waals surface area contributed by atoms with Crippen LogP contribution in [0.1, 0.15) is 32.3 Å². The van der Waals surface area contributed by atoms with Gasteiger partial charge in [0.1, 0.15) is 0 Å². The van der Waals surface area contributed by atoms with Crippen molar-refractivity contribution in [1.29, 1.82) is 0 Å². The largest absolute Gasteiger partial charge is 0.505 e. The van der Waals surface area contributed by atoms with Gasteiger partial charge >= 0.3 is 0 Å². The van der Waals surface area contributed by atoms with E-state index in [1.54, 1.807) is 6.07 Å². The summed E-state index contributed by atoms with van der Waals surface area (Å²) in [5.41, 5.74) is 0.915. The average molecular weight is 280 g/mol. The summed E-state index contributed by atoms with van der Waals surface area (Å²) in [6.07, 6.45) is 2.50. The number of hydrogen-bond acceptors (Lipinski definition) is 3. The molecule has 0 aromatic heterocycles. The predicted octanol–water partition coefficient (Wildman–Crippen LogP) is 2.74. The molecule has 1 fully saturated rings. The Bertz CT molecular complexity index is 430. The van der Waals surface area contributed by atoms with Crippen LogP contribution in [0, 0.1) is 11.7 Å². The lowest BCUT2D eigenvalue weighted by atomic mass is 9.98. The number of nitrogens with zero attached hydrogens (tertiary/aromatic N) is 1. The van der Waals surface area contributed by atoms with E-state index in [2.05, 4.69) is 24.1 Å². The van der Waals surface area contributed by atoms with Gasteiger partial charge in [-0.2, -0.15) is 0 Å². The maximum absolute atomic E-state index is 13.4. The van der Waals surface area contributed by atoms with Gasteiger partial charge in [0.25, 0.3) is 0 Å². The number of benzene rings is 1. The zero-order valence-corrected chi connectivity index (χ0v) is 12.4. The van der Waals surface area contributed by atoms with Crippen molar-refractivity contribution in [1.82, 2.24) is 10.2 Å². The molecular formula is C16H25FN2O. The highest BCUT2D eigenvalue weighted by Gasteiger charge is 2.19. The molecule has 1 aliphatic rings. The Kier molecular flexibility index (Phi) is 5.38. The number of phenolic OH excluding ortho intramolecular Hbond substituents is 1. The van der Waals surface area contributed by atoms with E-state index in [0.29, 0.717) is 12.0 Å². The number of hydrogen-bond donors (Lipinski definition) is 2. The lowest BCUT2D eigenvalue weighted by Crippen LogP contribution is -2.40. The number of phenols is 1. The lowest BCUT2D eigenvalue weighted by molar-refractivity contribution is 0.163.